The molecule has 0 amide bonds. The molecule has 0 saturated heterocycles. The van der Waals surface area contributed by atoms with Crippen LogP contribution in [0.4, 0.5) is 5.69 Å². The van der Waals surface area contributed by atoms with Gasteiger partial charge in [-0.15, -0.1) is 0 Å². The van der Waals surface area contributed by atoms with Crippen molar-refractivity contribution in [1.29, 1.82) is 0 Å². The van der Waals surface area contributed by atoms with Gasteiger partial charge < -0.3 is 0 Å². The molecule has 1 heterocycles. The van der Waals surface area contributed by atoms with Crippen molar-refractivity contribution in [3.05, 3.63) is 53.5 Å². The summed E-state index contributed by atoms with van der Waals surface area (Å²) < 4.78 is 1.45. The molecule has 0 bridgehead atoms. The van der Waals surface area contributed by atoms with Gasteiger partial charge in [0.25, 0.3) is 0 Å². The van der Waals surface area contributed by atoms with Crippen LogP contribution in [0.15, 0.2) is 36.5 Å². The number of rotatable bonds is 2. The van der Waals surface area contributed by atoms with Gasteiger partial charge in [0.05, 0.1) is 0 Å². The van der Waals surface area contributed by atoms with E-state index in [0.717, 1.165) is 11.3 Å². The van der Waals surface area contributed by atoms with E-state index in [0.29, 0.717) is 5.69 Å². The normalized spacial score (nSPS) is 11.1. The second kappa shape index (κ2) is 5.18. The number of hydrogen-bond donors (Lipinski definition) is 0. The molecule has 3 heteroatoms. The van der Waals surface area contributed by atoms with E-state index < -0.39 is 13.3 Å². The van der Waals surface area contributed by atoms with Crippen molar-refractivity contribution >= 4 is 23.3 Å². The van der Waals surface area contributed by atoms with Gasteiger partial charge in [0.15, 0.2) is 0 Å². The van der Waals surface area contributed by atoms with Crippen LogP contribution in [0, 0.1) is 13.5 Å². The van der Waals surface area contributed by atoms with Crippen molar-refractivity contribution in [2.45, 2.75) is 24.2 Å². The van der Waals surface area contributed by atoms with E-state index in [1.165, 1.54) is 9.96 Å². The third-order valence-corrected chi connectivity index (χ3v) is 7.68. The number of pyridine rings is 1. The zero-order valence-electron chi connectivity index (χ0n) is 11.9. The summed E-state index contributed by atoms with van der Waals surface area (Å²) in [5, 5.41) is 0. The van der Waals surface area contributed by atoms with Crippen LogP contribution in [-0.2, 0) is 0 Å². The van der Waals surface area contributed by atoms with Gasteiger partial charge in [-0.25, -0.2) is 0 Å². The molecule has 2 nitrogen and oxygen atoms in total. The maximum atomic E-state index is 7.07. The standard InChI is InChI=1S/C16H18GeN2/c1-12-9-16(19-11-15(12)17(2,3)4)13-7-6-8-14(10-13)18-5/h6-11H,1-4H3. The van der Waals surface area contributed by atoms with Crippen LogP contribution < -0.4 is 4.40 Å². The van der Waals surface area contributed by atoms with Crippen LogP contribution in [0.1, 0.15) is 5.56 Å². The molecule has 0 radical (unpaired) electrons. The molecule has 19 heavy (non-hydrogen) atoms. The second-order valence-corrected chi connectivity index (χ2v) is 16.4. The summed E-state index contributed by atoms with van der Waals surface area (Å²) in [5.41, 5.74) is 3.96. The third kappa shape index (κ3) is 3.05. The molecular weight excluding hydrogens is 293 g/mol. The molecule has 1 aromatic carbocycles. The van der Waals surface area contributed by atoms with Gasteiger partial charge in [0.1, 0.15) is 0 Å². The number of aromatic nitrogens is 1. The van der Waals surface area contributed by atoms with Crippen molar-refractivity contribution < 1.29 is 0 Å². The molecule has 0 aliphatic carbocycles. The van der Waals surface area contributed by atoms with Crippen molar-refractivity contribution in [3.63, 3.8) is 0 Å². The van der Waals surface area contributed by atoms with Crippen LogP contribution in [-0.4, -0.2) is 18.3 Å². The molecule has 0 aliphatic heterocycles. The van der Waals surface area contributed by atoms with Crippen molar-refractivity contribution in [3.8, 4) is 11.3 Å². The molecule has 0 N–H and O–H groups in total. The van der Waals surface area contributed by atoms with Crippen LogP contribution in [0.5, 0.6) is 0 Å². The Kier molecular flexibility index (Phi) is 3.77. The molecule has 0 atom stereocenters. The first-order chi connectivity index (χ1) is 8.91. The molecule has 0 fully saturated rings. The number of nitrogens with zero attached hydrogens (tertiary/aromatic N) is 2. The minimum absolute atomic E-state index is 0.662. The fourth-order valence-electron chi connectivity index (χ4n) is 2.23. The van der Waals surface area contributed by atoms with E-state index in [1.54, 1.807) is 0 Å². The molecule has 1 aromatic heterocycles. The molecular formula is C16H18GeN2. The predicted molar refractivity (Wildman–Crippen MR) is 83.7 cm³/mol. The van der Waals surface area contributed by atoms with Gasteiger partial charge in [0, 0.05) is 0 Å². The van der Waals surface area contributed by atoms with E-state index in [1.807, 2.05) is 30.5 Å². The number of hydrogen-bond acceptors (Lipinski definition) is 1. The van der Waals surface area contributed by atoms with E-state index in [-0.39, 0.29) is 0 Å². The Labute approximate surface area is 117 Å². The van der Waals surface area contributed by atoms with Crippen LogP contribution >= 0.6 is 0 Å². The summed E-state index contributed by atoms with van der Waals surface area (Å²) in [6.07, 6.45) is 2.04. The van der Waals surface area contributed by atoms with Crippen LogP contribution in [0.2, 0.25) is 17.3 Å². The molecule has 2 rings (SSSR count). The number of aryl methyl sites for hydroxylation is 1. The fraction of sp³-hybridized carbons (Fsp3) is 0.250. The van der Waals surface area contributed by atoms with E-state index in [4.69, 9.17) is 6.57 Å². The Morgan fingerprint density at radius 1 is 1.16 bits per heavy atom. The SMILES string of the molecule is [C-]#[N+]c1cccc(-c2cc(C)[c]([Ge]([CH3])([CH3])[CH3])cn2)c1. The zero-order valence-corrected chi connectivity index (χ0v) is 14.0. The first kappa shape index (κ1) is 13.8. The van der Waals surface area contributed by atoms with Gasteiger partial charge in [-0.2, -0.15) is 0 Å². The maximum absolute atomic E-state index is 7.07. The van der Waals surface area contributed by atoms with Crippen molar-refractivity contribution in [2.75, 3.05) is 0 Å². The summed E-state index contributed by atoms with van der Waals surface area (Å²) in [5.74, 6) is 7.13. The van der Waals surface area contributed by atoms with Crippen molar-refractivity contribution in [2.24, 2.45) is 0 Å². The minimum atomic E-state index is -1.83. The Hall–Kier alpha value is -1.60. The summed E-state index contributed by atoms with van der Waals surface area (Å²) in [7, 11) is 0. The first-order valence-corrected chi connectivity index (χ1v) is 13.7. The average Bonchev–Trinajstić information content (AvgIpc) is 2.37. The summed E-state index contributed by atoms with van der Waals surface area (Å²) in [6.45, 7) is 9.24. The summed E-state index contributed by atoms with van der Waals surface area (Å²) in [6, 6.07) is 9.79. The van der Waals surface area contributed by atoms with Gasteiger partial charge in [-0.05, 0) is 0 Å². The Balaban J connectivity index is 2.48. The molecule has 0 aliphatic rings. The quantitative estimate of drug-likeness (QED) is 0.601. The van der Waals surface area contributed by atoms with Crippen LogP contribution in [0.3, 0.4) is 0 Å². The topological polar surface area (TPSA) is 17.2 Å². The van der Waals surface area contributed by atoms with Crippen molar-refractivity contribution in [1.82, 2.24) is 4.98 Å². The molecule has 96 valence electrons. The monoisotopic (exact) mass is 312 g/mol. The van der Waals surface area contributed by atoms with E-state index >= 15 is 0 Å². The zero-order chi connectivity index (χ0) is 14.0. The Morgan fingerprint density at radius 2 is 1.89 bits per heavy atom. The van der Waals surface area contributed by atoms with E-state index in [9.17, 15) is 0 Å². The summed E-state index contributed by atoms with van der Waals surface area (Å²) >= 11 is -1.83. The van der Waals surface area contributed by atoms with Gasteiger partial charge in [0.2, 0.25) is 0 Å². The second-order valence-electron chi connectivity index (χ2n) is 5.80. The van der Waals surface area contributed by atoms with Gasteiger partial charge in [-0.1, -0.05) is 0 Å². The molecule has 0 saturated carbocycles. The first-order valence-electron chi connectivity index (χ1n) is 6.37. The van der Waals surface area contributed by atoms with Gasteiger partial charge in [-0.3, -0.25) is 0 Å². The summed E-state index contributed by atoms with van der Waals surface area (Å²) in [4.78, 5) is 8.06. The fourth-order valence-corrected chi connectivity index (χ4v) is 5.82. The third-order valence-electron chi connectivity index (χ3n) is 3.19. The Morgan fingerprint density at radius 3 is 2.47 bits per heavy atom. The van der Waals surface area contributed by atoms with Crippen LogP contribution in [0.25, 0.3) is 16.1 Å². The van der Waals surface area contributed by atoms with Gasteiger partial charge >= 0.3 is 117 Å². The molecule has 0 unspecified atom stereocenters. The average molecular weight is 311 g/mol. The Bertz CT molecular complexity index is 649. The molecule has 2 aromatic rings. The number of benzene rings is 1. The predicted octanol–water partition coefficient (Wildman–Crippen LogP) is 4.15. The van der Waals surface area contributed by atoms with E-state index in [2.05, 4.69) is 40.1 Å². The molecule has 0 spiro atoms.